The summed E-state index contributed by atoms with van der Waals surface area (Å²) in [6.07, 6.45) is 0. The van der Waals surface area contributed by atoms with E-state index in [0.717, 1.165) is 28.6 Å². The molecule has 9 rings (SSSR count). The van der Waals surface area contributed by atoms with E-state index in [4.69, 9.17) is 4.74 Å². The van der Waals surface area contributed by atoms with E-state index in [1.54, 1.807) is 0 Å². The third kappa shape index (κ3) is 6.63. The van der Waals surface area contributed by atoms with Crippen molar-refractivity contribution in [3.63, 3.8) is 0 Å². The lowest BCUT2D eigenvalue weighted by molar-refractivity contribution is 0.483. The minimum Gasteiger partial charge on any atom is -0.457 e. The van der Waals surface area contributed by atoms with E-state index in [-0.39, 0.29) is 0 Å². The van der Waals surface area contributed by atoms with Crippen molar-refractivity contribution in [2.24, 2.45) is 0 Å². The highest BCUT2D eigenvalue weighted by Gasteiger charge is 2.41. The number of benzene rings is 9. The molecule has 0 heterocycles. The van der Waals surface area contributed by atoms with Crippen molar-refractivity contribution in [1.82, 2.24) is 0 Å². The van der Waals surface area contributed by atoms with Crippen molar-refractivity contribution in [1.29, 1.82) is 0 Å². The Balaban J connectivity index is 1.09. The maximum Gasteiger partial charge on any atom is 0.179 e. The fourth-order valence-corrected chi connectivity index (χ4v) is 12.6. The molecule has 0 bridgehead atoms. The zero-order valence-electron chi connectivity index (χ0n) is 30.4. The number of ether oxygens (including phenoxy) is 1. The Hall–Kier alpha value is -6.94. The van der Waals surface area contributed by atoms with Crippen molar-refractivity contribution < 1.29 is 4.74 Å². The average molecular weight is 722 g/mol. The second-order valence-electron chi connectivity index (χ2n) is 13.7. The number of rotatable bonds is 10. The molecule has 0 radical (unpaired) electrons. The largest absolute Gasteiger partial charge is 0.457 e. The van der Waals surface area contributed by atoms with Gasteiger partial charge in [0.05, 0.1) is 5.69 Å². The Kier molecular flexibility index (Phi) is 9.35. The number of anilines is 3. The standard InChI is InChI=1S/C52H39NOSi/c1-5-18-45(19-6-1)54-46-36-34-44(35-37-46)53(52-27-15-17-42-16-13-14-26-51(42)52)43-32-28-40(29-33-43)41-30-38-50(39-31-41)55(47-20-7-2-8-21-47,48-22-9-3-10-23-48)49-24-11-4-12-25-49/h1-39H. The molecule has 0 fully saturated rings. The fraction of sp³-hybridized carbons (Fsp3) is 0. The van der Waals surface area contributed by atoms with Crippen molar-refractivity contribution in [3.8, 4) is 22.6 Å². The molecule has 0 N–H and O–H groups in total. The Morgan fingerprint density at radius 2 is 0.709 bits per heavy atom. The molecule has 55 heavy (non-hydrogen) atoms. The summed E-state index contributed by atoms with van der Waals surface area (Å²) in [6, 6.07) is 84.9. The van der Waals surface area contributed by atoms with Crippen molar-refractivity contribution >= 4 is 56.7 Å². The molecule has 2 nitrogen and oxygen atoms in total. The van der Waals surface area contributed by atoms with Gasteiger partial charge in [0.1, 0.15) is 11.5 Å². The van der Waals surface area contributed by atoms with Gasteiger partial charge in [-0.1, -0.05) is 182 Å². The minimum absolute atomic E-state index is 0.797. The topological polar surface area (TPSA) is 12.5 Å². The molecule has 0 aliphatic heterocycles. The van der Waals surface area contributed by atoms with Crippen molar-refractivity contribution in [3.05, 3.63) is 237 Å². The summed E-state index contributed by atoms with van der Waals surface area (Å²) < 4.78 is 6.15. The second kappa shape index (κ2) is 15.2. The van der Waals surface area contributed by atoms with Crippen LogP contribution in [0.15, 0.2) is 237 Å². The first kappa shape index (κ1) is 33.9. The average Bonchev–Trinajstić information content (AvgIpc) is 3.27. The van der Waals surface area contributed by atoms with Gasteiger partial charge in [0.2, 0.25) is 0 Å². The van der Waals surface area contributed by atoms with Crippen LogP contribution < -0.4 is 30.4 Å². The van der Waals surface area contributed by atoms with E-state index >= 15 is 0 Å². The Labute approximate surface area is 324 Å². The molecule has 0 saturated carbocycles. The Bertz CT molecular complexity index is 2530. The van der Waals surface area contributed by atoms with Crippen LogP contribution in [0, 0.1) is 0 Å². The van der Waals surface area contributed by atoms with Crippen LogP contribution in [0.1, 0.15) is 0 Å². The molecule has 0 spiro atoms. The van der Waals surface area contributed by atoms with Crippen LogP contribution in [0.4, 0.5) is 17.1 Å². The van der Waals surface area contributed by atoms with Crippen LogP contribution in [-0.4, -0.2) is 8.07 Å². The highest BCUT2D eigenvalue weighted by molar-refractivity contribution is 7.19. The maximum absolute atomic E-state index is 6.15. The van der Waals surface area contributed by atoms with E-state index in [0.29, 0.717) is 0 Å². The van der Waals surface area contributed by atoms with Crippen LogP contribution in [0.25, 0.3) is 21.9 Å². The van der Waals surface area contributed by atoms with Gasteiger partial charge >= 0.3 is 0 Å². The number of hydrogen-bond donors (Lipinski definition) is 0. The van der Waals surface area contributed by atoms with Crippen LogP contribution in [0.3, 0.4) is 0 Å². The minimum atomic E-state index is -2.59. The molecule has 0 unspecified atom stereocenters. The normalized spacial score (nSPS) is 11.3. The lowest BCUT2D eigenvalue weighted by Gasteiger charge is -2.34. The molecule has 9 aromatic carbocycles. The number of hydrogen-bond acceptors (Lipinski definition) is 2. The van der Waals surface area contributed by atoms with Gasteiger partial charge in [-0.05, 0) is 91.9 Å². The third-order valence-corrected chi connectivity index (χ3v) is 15.3. The van der Waals surface area contributed by atoms with Gasteiger partial charge in [0.25, 0.3) is 0 Å². The highest BCUT2D eigenvalue weighted by atomic mass is 28.3. The number of fused-ring (bicyclic) bond motifs is 1. The van der Waals surface area contributed by atoms with E-state index in [9.17, 15) is 0 Å². The lowest BCUT2D eigenvalue weighted by Crippen LogP contribution is -2.74. The fourth-order valence-electron chi connectivity index (χ4n) is 7.90. The first-order valence-corrected chi connectivity index (χ1v) is 20.8. The van der Waals surface area contributed by atoms with Gasteiger partial charge in [0, 0.05) is 16.8 Å². The zero-order valence-corrected chi connectivity index (χ0v) is 31.4. The van der Waals surface area contributed by atoms with Gasteiger partial charge in [0.15, 0.2) is 8.07 Å². The SMILES string of the molecule is c1ccc(Oc2ccc(N(c3ccc(-c4ccc([Si](c5ccccc5)(c5ccccc5)c5ccccc5)cc4)cc3)c3cccc4ccccc34)cc2)cc1. The predicted molar refractivity (Wildman–Crippen MR) is 234 cm³/mol. The summed E-state index contributed by atoms with van der Waals surface area (Å²) in [6.45, 7) is 0. The smallest absolute Gasteiger partial charge is 0.179 e. The van der Waals surface area contributed by atoms with Gasteiger partial charge in [-0.2, -0.15) is 0 Å². The van der Waals surface area contributed by atoms with Crippen LogP contribution in [-0.2, 0) is 0 Å². The Morgan fingerprint density at radius 1 is 0.309 bits per heavy atom. The zero-order chi connectivity index (χ0) is 36.9. The first-order chi connectivity index (χ1) is 27.3. The van der Waals surface area contributed by atoms with Crippen LogP contribution in [0.2, 0.25) is 0 Å². The molecular weight excluding hydrogens is 683 g/mol. The molecule has 0 amide bonds. The van der Waals surface area contributed by atoms with Gasteiger partial charge in [-0.3, -0.25) is 0 Å². The summed E-state index contributed by atoms with van der Waals surface area (Å²) in [7, 11) is -2.59. The molecule has 262 valence electrons. The van der Waals surface area contributed by atoms with Gasteiger partial charge in [-0.15, -0.1) is 0 Å². The summed E-state index contributed by atoms with van der Waals surface area (Å²) in [4.78, 5) is 2.33. The molecule has 0 aromatic heterocycles. The van der Waals surface area contributed by atoms with Gasteiger partial charge < -0.3 is 9.64 Å². The third-order valence-electron chi connectivity index (χ3n) is 10.5. The van der Waals surface area contributed by atoms with Crippen molar-refractivity contribution in [2.75, 3.05) is 4.90 Å². The van der Waals surface area contributed by atoms with Crippen molar-refractivity contribution in [2.45, 2.75) is 0 Å². The number of para-hydroxylation sites is 1. The molecule has 9 aromatic rings. The van der Waals surface area contributed by atoms with Gasteiger partial charge in [-0.25, -0.2) is 0 Å². The van der Waals surface area contributed by atoms with Crippen LogP contribution >= 0.6 is 0 Å². The Morgan fingerprint density at radius 3 is 1.25 bits per heavy atom. The molecule has 0 aliphatic carbocycles. The van der Waals surface area contributed by atoms with E-state index in [2.05, 4.69) is 199 Å². The monoisotopic (exact) mass is 721 g/mol. The molecule has 0 aliphatic rings. The molecular formula is C52H39NOSi. The lowest BCUT2D eigenvalue weighted by atomic mass is 10.0. The second-order valence-corrected chi connectivity index (χ2v) is 17.5. The summed E-state index contributed by atoms with van der Waals surface area (Å²) >= 11 is 0. The maximum atomic E-state index is 6.15. The van der Waals surface area contributed by atoms with E-state index < -0.39 is 8.07 Å². The summed E-state index contributed by atoms with van der Waals surface area (Å²) in [5.74, 6) is 1.61. The van der Waals surface area contributed by atoms with E-state index in [1.165, 1.54) is 42.6 Å². The molecule has 0 saturated heterocycles. The molecule has 3 heteroatoms. The van der Waals surface area contributed by atoms with Crippen LogP contribution in [0.5, 0.6) is 11.5 Å². The van der Waals surface area contributed by atoms with E-state index in [1.807, 2.05) is 42.5 Å². The molecule has 0 atom stereocenters. The summed E-state index contributed by atoms with van der Waals surface area (Å²) in [5.41, 5.74) is 5.61. The summed E-state index contributed by atoms with van der Waals surface area (Å²) in [5, 5.41) is 7.87. The first-order valence-electron chi connectivity index (χ1n) is 18.8. The number of nitrogens with zero attached hydrogens (tertiary/aromatic N) is 1. The predicted octanol–water partition coefficient (Wildman–Crippen LogP) is 11.1. The quantitative estimate of drug-likeness (QED) is 0.103. The highest BCUT2D eigenvalue weighted by Crippen LogP contribution is 2.40.